The predicted molar refractivity (Wildman–Crippen MR) is 137 cm³/mol. The second-order valence-corrected chi connectivity index (χ2v) is 7.72. The molecule has 0 bridgehead atoms. The molecule has 1 atom stereocenters. The monoisotopic (exact) mass is 535 g/mol. The van der Waals surface area contributed by atoms with Gasteiger partial charge >= 0.3 is 0 Å². The summed E-state index contributed by atoms with van der Waals surface area (Å²) >= 11 is 0. The first kappa shape index (κ1) is 24.9. The fraction of sp³-hybridized carbons (Fsp3) is 0.435. The molecule has 0 radical (unpaired) electrons. The van der Waals surface area contributed by atoms with E-state index in [-0.39, 0.29) is 30.0 Å². The first-order valence-electron chi connectivity index (χ1n) is 10.5. The number of aliphatic imine (C=N–C) groups is 1. The van der Waals surface area contributed by atoms with Crippen LogP contribution in [-0.4, -0.2) is 38.4 Å². The number of nitrogens with one attached hydrogen (secondary N) is 2. The van der Waals surface area contributed by atoms with Crippen molar-refractivity contribution < 1.29 is 0 Å². The van der Waals surface area contributed by atoms with E-state index >= 15 is 0 Å². The number of nitrogens with zero attached hydrogens (tertiary/aromatic N) is 5. The maximum absolute atomic E-state index is 4.51. The van der Waals surface area contributed by atoms with Crippen molar-refractivity contribution in [1.29, 1.82) is 0 Å². The highest BCUT2D eigenvalue weighted by Crippen LogP contribution is 2.14. The van der Waals surface area contributed by atoms with Crippen LogP contribution in [0.2, 0.25) is 0 Å². The van der Waals surface area contributed by atoms with Gasteiger partial charge in [0.1, 0.15) is 5.82 Å². The fourth-order valence-corrected chi connectivity index (χ4v) is 3.67. The number of aromatic nitrogens is 4. The van der Waals surface area contributed by atoms with E-state index in [4.69, 9.17) is 0 Å². The molecule has 1 unspecified atom stereocenters. The summed E-state index contributed by atoms with van der Waals surface area (Å²) in [5.74, 6) is 1.78. The quantitative estimate of drug-likeness (QED) is 0.264. The molecule has 0 saturated heterocycles. The third-order valence-electron chi connectivity index (χ3n) is 5.48. The Morgan fingerprint density at radius 2 is 1.94 bits per heavy atom. The number of aryl methyl sites for hydroxylation is 4. The number of rotatable bonds is 8. The molecule has 3 rings (SSSR count). The van der Waals surface area contributed by atoms with E-state index in [1.807, 2.05) is 30.2 Å². The van der Waals surface area contributed by atoms with Gasteiger partial charge in [-0.25, -0.2) is 4.98 Å². The largest absolute Gasteiger partial charge is 0.354 e. The Hall–Kier alpha value is -2.36. The van der Waals surface area contributed by atoms with E-state index in [1.54, 1.807) is 7.05 Å². The van der Waals surface area contributed by atoms with E-state index in [0.29, 0.717) is 6.54 Å². The van der Waals surface area contributed by atoms with Crippen molar-refractivity contribution in [2.75, 3.05) is 7.05 Å². The van der Waals surface area contributed by atoms with E-state index in [2.05, 4.69) is 75.3 Å². The standard InChI is InChI=1S/C23H33N7.HI/c1-17(15-21-18(2)28-29(5)19(21)3)27-23(24-4)26-16-22-25-12-14-30(22)13-11-20-9-7-6-8-10-20;/h6-10,12,14,17H,11,13,15-16H2,1-5H3,(H2,24,26,27);1H. The van der Waals surface area contributed by atoms with Gasteiger partial charge in [-0.15, -0.1) is 24.0 Å². The van der Waals surface area contributed by atoms with Crippen LogP contribution in [0.25, 0.3) is 0 Å². The average Bonchev–Trinajstić information content (AvgIpc) is 3.29. The number of hydrogen-bond donors (Lipinski definition) is 2. The molecule has 0 aliphatic rings. The average molecular weight is 535 g/mol. The van der Waals surface area contributed by atoms with Crippen LogP contribution < -0.4 is 10.6 Å². The minimum Gasteiger partial charge on any atom is -0.354 e. The van der Waals surface area contributed by atoms with Crippen molar-refractivity contribution in [2.45, 2.75) is 52.7 Å². The molecule has 1 aromatic carbocycles. The summed E-state index contributed by atoms with van der Waals surface area (Å²) in [7, 11) is 3.79. The highest BCUT2D eigenvalue weighted by molar-refractivity contribution is 14.0. The number of guanidine groups is 1. The summed E-state index contributed by atoms with van der Waals surface area (Å²) in [6.07, 6.45) is 5.78. The van der Waals surface area contributed by atoms with Crippen LogP contribution in [0.1, 0.15) is 35.3 Å². The second-order valence-electron chi connectivity index (χ2n) is 7.72. The van der Waals surface area contributed by atoms with Crippen LogP contribution in [0.4, 0.5) is 0 Å². The van der Waals surface area contributed by atoms with E-state index in [1.165, 1.54) is 16.8 Å². The van der Waals surface area contributed by atoms with Gasteiger partial charge in [-0.1, -0.05) is 30.3 Å². The number of benzene rings is 1. The first-order chi connectivity index (χ1) is 14.5. The molecule has 31 heavy (non-hydrogen) atoms. The summed E-state index contributed by atoms with van der Waals surface area (Å²) in [5.41, 5.74) is 4.93. The third kappa shape index (κ3) is 6.81. The highest BCUT2D eigenvalue weighted by atomic mass is 127. The van der Waals surface area contributed by atoms with Gasteiger partial charge < -0.3 is 15.2 Å². The lowest BCUT2D eigenvalue weighted by Crippen LogP contribution is -2.43. The van der Waals surface area contributed by atoms with Crippen LogP contribution >= 0.6 is 24.0 Å². The molecule has 7 nitrogen and oxygen atoms in total. The van der Waals surface area contributed by atoms with Gasteiger partial charge in [-0.2, -0.15) is 5.10 Å². The molecule has 2 aromatic heterocycles. The van der Waals surface area contributed by atoms with Crippen molar-refractivity contribution in [3.8, 4) is 0 Å². The molecule has 0 fully saturated rings. The fourth-order valence-electron chi connectivity index (χ4n) is 3.67. The van der Waals surface area contributed by atoms with Crippen LogP contribution in [0.3, 0.4) is 0 Å². The molecular weight excluding hydrogens is 501 g/mol. The van der Waals surface area contributed by atoms with Crippen LogP contribution in [0, 0.1) is 13.8 Å². The molecule has 0 spiro atoms. The van der Waals surface area contributed by atoms with Crippen LogP contribution in [-0.2, 0) is 33.0 Å². The SMILES string of the molecule is CN=C(NCc1nccn1CCc1ccccc1)NC(C)Cc1c(C)nn(C)c1C.I. The van der Waals surface area contributed by atoms with Crippen molar-refractivity contribution in [3.63, 3.8) is 0 Å². The zero-order chi connectivity index (χ0) is 21.5. The van der Waals surface area contributed by atoms with Gasteiger partial charge in [0, 0.05) is 44.8 Å². The summed E-state index contributed by atoms with van der Waals surface area (Å²) in [6, 6.07) is 10.8. The number of hydrogen-bond acceptors (Lipinski definition) is 3. The molecular formula is C23H34IN7. The van der Waals surface area contributed by atoms with E-state index in [0.717, 1.165) is 36.9 Å². The number of imidazole rings is 1. The smallest absolute Gasteiger partial charge is 0.191 e. The first-order valence-corrected chi connectivity index (χ1v) is 10.5. The van der Waals surface area contributed by atoms with Gasteiger partial charge in [-0.05, 0) is 44.7 Å². The van der Waals surface area contributed by atoms with Gasteiger partial charge in [0.2, 0.25) is 0 Å². The van der Waals surface area contributed by atoms with Crippen molar-refractivity contribution in [1.82, 2.24) is 30.0 Å². The van der Waals surface area contributed by atoms with Gasteiger partial charge in [0.25, 0.3) is 0 Å². The Morgan fingerprint density at radius 3 is 2.58 bits per heavy atom. The summed E-state index contributed by atoms with van der Waals surface area (Å²) in [6.45, 7) is 7.88. The Labute approximate surface area is 202 Å². The zero-order valence-electron chi connectivity index (χ0n) is 19.1. The predicted octanol–water partition coefficient (Wildman–Crippen LogP) is 3.39. The normalized spacial score (nSPS) is 12.4. The molecule has 0 aliphatic carbocycles. The maximum Gasteiger partial charge on any atom is 0.191 e. The third-order valence-corrected chi connectivity index (χ3v) is 5.48. The minimum absolute atomic E-state index is 0. The van der Waals surface area contributed by atoms with Gasteiger partial charge in [0.15, 0.2) is 5.96 Å². The van der Waals surface area contributed by atoms with Crippen molar-refractivity contribution >= 4 is 29.9 Å². The van der Waals surface area contributed by atoms with Crippen molar-refractivity contribution in [3.05, 3.63) is 71.1 Å². The lowest BCUT2D eigenvalue weighted by atomic mass is 10.1. The van der Waals surface area contributed by atoms with Gasteiger partial charge in [0.05, 0.1) is 12.2 Å². The van der Waals surface area contributed by atoms with Crippen molar-refractivity contribution in [2.24, 2.45) is 12.0 Å². The molecule has 168 valence electrons. The maximum atomic E-state index is 4.51. The molecule has 2 heterocycles. The molecule has 0 amide bonds. The minimum atomic E-state index is 0. The zero-order valence-corrected chi connectivity index (χ0v) is 21.4. The Morgan fingerprint density at radius 1 is 1.19 bits per heavy atom. The Balaban J connectivity index is 0.00000341. The summed E-state index contributed by atoms with van der Waals surface area (Å²) in [5, 5.41) is 11.4. The lowest BCUT2D eigenvalue weighted by molar-refractivity contribution is 0.613. The highest BCUT2D eigenvalue weighted by Gasteiger charge is 2.14. The Kier molecular flexibility index (Phi) is 9.54. The topological polar surface area (TPSA) is 72.1 Å². The second kappa shape index (κ2) is 11.9. The van der Waals surface area contributed by atoms with E-state index < -0.39 is 0 Å². The van der Waals surface area contributed by atoms with Crippen LogP contribution in [0.5, 0.6) is 0 Å². The summed E-state index contributed by atoms with van der Waals surface area (Å²) in [4.78, 5) is 8.89. The molecule has 2 N–H and O–H groups in total. The Bertz CT molecular complexity index is 975. The van der Waals surface area contributed by atoms with Gasteiger partial charge in [-0.3, -0.25) is 9.67 Å². The lowest BCUT2D eigenvalue weighted by Gasteiger charge is -2.18. The molecule has 0 aliphatic heterocycles. The number of halogens is 1. The van der Waals surface area contributed by atoms with Crippen LogP contribution in [0.15, 0.2) is 47.7 Å². The van der Waals surface area contributed by atoms with E-state index in [9.17, 15) is 0 Å². The molecule has 3 aromatic rings. The summed E-state index contributed by atoms with van der Waals surface area (Å²) < 4.78 is 4.14. The molecule has 8 heteroatoms. The molecule has 0 saturated carbocycles.